The molecule has 1 amide bonds. The van der Waals surface area contributed by atoms with Crippen LogP contribution in [-0.2, 0) is 4.79 Å². The first-order chi connectivity index (χ1) is 14.0. The fourth-order valence-electron chi connectivity index (χ4n) is 3.37. The van der Waals surface area contributed by atoms with Crippen LogP contribution in [0.2, 0.25) is 0 Å². The highest BCUT2D eigenvalue weighted by Crippen LogP contribution is 2.50. The number of para-hydroxylation sites is 1. The summed E-state index contributed by atoms with van der Waals surface area (Å²) in [5.74, 6) is -0.00675. The van der Waals surface area contributed by atoms with Crippen molar-refractivity contribution in [2.75, 3.05) is 18.0 Å². The van der Waals surface area contributed by atoms with Crippen molar-refractivity contribution in [3.8, 4) is 0 Å². The first-order valence-corrected chi connectivity index (χ1v) is 11.2. The monoisotopic (exact) mass is 421 g/mol. The maximum absolute atomic E-state index is 13.3. The molecule has 0 saturated carbocycles. The third kappa shape index (κ3) is 3.63. The molecule has 29 heavy (non-hydrogen) atoms. The fourth-order valence-corrected chi connectivity index (χ4v) is 5.76. The molecule has 2 heterocycles. The van der Waals surface area contributed by atoms with Crippen LogP contribution in [0.4, 0.5) is 11.4 Å². The summed E-state index contributed by atoms with van der Waals surface area (Å²) in [5, 5.41) is 1.70. The minimum atomic E-state index is -0.00675. The molecule has 4 nitrogen and oxygen atoms in total. The first-order valence-electron chi connectivity index (χ1n) is 9.58. The normalized spacial score (nSPS) is 20.0. The number of amidine groups is 1. The summed E-state index contributed by atoms with van der Waals surface area (Å²) in [4.78, 5) is 24.0. The number of hydrogen-bond donors (Lipinski definition) is 0. The molecule has 0 aliphatic carbocycles. The number of hydrogen-bond acceptors (Lipinski definition) is 5. The van der Waals surface area contributed by atoms with Crippen LogP contribution in [0, 0.1) is 13.8 Å². The van der Waals surface area contributed by atoms with Crippen LogP contribution in [0.1, 0.15) is 18.1 Å². The molecular formula is C23H23N3OS2. The predicted molar refractivity (Wildman–Crippen MR) is 125 cm³/mol. The summed E-state index contributed by atoms with van der Waals surface area (Å²) < 4.78 is 0. The summed E-state index contributed by atoms with van der Waals surface area (Å²) in [6, 6.07) is 14.5. The van der Waals surface area contributed by atoms with Crippen molar-refractivity contribution in [1.82, 2.24) is 4.90 Å². The van der Waals surface area contributed by atoms with Gasteiger partial charge in [0.1, 0.15) is 9.93 Å². The largest absolute Gasteiger partial charge is 0.334 e. The smallest absolute Gasteiger partial charge is 0.269 e. The Hall–Kier alpha value is -2.44. The van der Waals surface area contributed by atoms with Gasteiger partial charge in [0.15, 0.2) is 5.17 Å². The van der Waals surface area contributed by atoms with E-state index >= 15 is 0 Å². The molecule has 0 aromatic heterocycles. The van der Waals surface area contributed by atoms with Gasteiger partial charge in [-0.05, 0) is 61.9 Å². The van der Waals surface area contributed by atoms with E-state index in [-0.39, 0.29) is 5.91 Å². The topological polar surface area (TPSA) is 35.9 Å². The van der Waals surface area contributed by atoms with Gasteiger partial charge in [-0.2, -0.15) is 0 Å². The van der Waals surface area contributed by atoms with E-state index in [2.05, 4.69) is 55.7 Å². The Morgan fingerprint density at radius 2 is 1.90 bits per heavy atom. The molecular weight excluding hydrogens is 398 g/mol. The molecule has 2 aromatic rings. The van der Waals surface area contributed by atoms with Crippen molar-refractivity contribution in [2.45, 2.75) is 25.7 Å². The second-order valence-corrected chi connectivity index (χ2v) is 8.95. The van der Waals surface area contributed by atoms with E-state index in [1.807, 2.05) is 19.1 Å². The molecule has 0 unspecified atom stereocenters. The van der Waals surface area contributed by atoms with Crippen LogP contribution in [0.3, 0.4) is 0 Å². The Balaban J connectivity index is 1.78. The van der Waals surface area contributed by atoms with Crippen molar-refractivity contribution in [3.05, 3.63) is 76.2 Å². The lowest BCUT2D eigenvalue weighted by molar-refractivity contribution is -0.121. The van der Waals surface area contributed by atoms with Gasteiger partial charge in [-0.3, -0.25) is 9.69 Å². The van der Waals surface area contributed by atoms with Crippen molar-refractivity contribution in [3.63, 3.8) is 0 Å². The van der Waals surface area contributed by atoms with Gasteiger partial charge in [-0.25, -0.2) is 4.99 Å². The minimum Gasteiger partial charge on any atom is -0.334 e. The molecule has 0 spiro atoms. The van der Waals surface area contributed by atoms with Gasteiger partial charge in [-0.15, -0.1) is 6.58 Å². The number of rotatable bonds is 4. The van der Waals surface area contributed by atoms with Gasteiger partial charge >= 0.3 is 0 Å². The average Bonchev–Trinajstić information content (AvgIpc) is 3.23. The van der Waals surface area contributed by atoms with Gasteiger partial charge in [0.2, 0.25) is 0 Å². The first kappa shape index (κ1) is 19.9. The number of amides is 1. The molecule has 6 heteroatoms. The zero-order chi connectivity index (χ0) is 20.5. The number of nitrogens with zero attached hydrogens (tertiary/aromatic N) is 3. The third-order valence-corrected chi connectivity index (χ3v) is 7.25. The highest BCUT2D eigenvalue weighted by Gasteiger charge is 2.39. The van der Waals surface area contributed by atoms with E-state index in [1.54, 1.807) is 22.7 Å². The average molecular weight is 422 g/mol. The van der Waals surface area contributed by atoms with E-state index in [4.69, 9.17) is 4.99 Å². The number of carbonyl (C=O) groups excluding carboxylic acids is 1. The zero-order valence-electron chi connectivity index (χ0n) is 16.8. The van der Waals surface area contributed by atoms with Crippen LogP contribution >= 0.6 is 23.5 Å². The Morgan fingerprint density at radius 1 is 1.10 bits per heavy atom. The van der Waals surface area contributed by atoms with Crippen molar-refractivity contribution >= 4 is 46.0 Å². The lowest BCUT2D eigenvalue weighted by Crippen LogP contribution is -2.30. The Morgan fingerprint density at radius 3 is 2.66 bits per heavy atom. The maximum Gasteiger partial charge on any atom is 0.269 e. The summed E-state index contributed by atoms with van der Waals surface area (Å²) in [6.45, 7) is 11.3. The fraction of sp³-hybridized carbons (Fsp3) is 0.217. The quantitative estimate of drug-likeness (QED) is 0.458. The summed E-state index contributed by atoms with van der Waals surface area (Å²) >= 11 is 3.12. The summed E-state index contributed by atoms with van der Waals surface area (Å²) in [5.41, 5.74) is 4.30. The van der Waals surface area contributed by atoms with E-state index in [0.29, 0.717) is 11.7 Å². The molecule has 1 saturated heterocycles. The number of thioether (sulfide) groups is 2. The number of aryl methyl sites for hydroxylation is 2. The molecule has 0 bridgehead atoms. The number of anilines is 1. The molecule has 4 rings (SSSR count). The molecule has 0 radical (unpaired) electrons. The Labute approximate surface area is 180 Å². The van der Waals surface area contributed by atoms with Gasteiger partial charge in [-0.1, -0.05) is 42.1 Å². The SMILES string of the molecule is C=CCN1C(=O)C(=C2Sc3ccccc3N2CC)SC1=Nc1cc(C)ccc1C. The van der Waals surface area contributed by atoms with Gasteiger partial charge in [0, 0.05) is 18.0 Å². The number of aliphatic imine (C=N–C) groups is 1. The van der Waals surface area contributed by atoms with Crippen LogP contribution < -0.4 is 4.90 Å². The van der Waals surface area contributed by atoms with E-state index < -0.39 is 0 Å². The van der Waals surface area contributed by atoms with Gasteiger partial charge in [0.05, 0.1) is 11.4 Å². The van der Waals surface area contributed by atoms with Crippen LogP contribution in [0.25, 0.3) is 0 Å². The molecule has 0 N–H and O–H groups in total. The number of fused-ring (bicyclic) bond motifs is 1. The lowest BCUT2D eigenvalue weighted by Gasteiger charge is -2.19. The Bertz CT molecular complexity index is 1060. The molecule has 148 valence electrons. The van der Waals surface area contributed by atoms with Gasteiger partial charge in [0.25, 0.3) is 5.91 Å². The zero-order valence-corrected chi connectivity index (χ0v) is 18.4. The minimum absolute atomic E-state index is 0.00675. The summed E-state index contributed by atoms with van der Waals surface area (Å²) in [6.07, 6.45) is 1.75. The maximum atomic E-state index is 13.3. The van der Waals surface area contributed by atoms with Gasteiger partial charge < -0.3 is 4.90 Å². The lowest BCUT2D eigenvalue weighted by atomic mass is 10.1. The van der Waals surface area contributed by atoms with Crippen LogP contribution in [0.5, 0.6) is 0 Å². The molecule has 1 fully saturated rings. The summed E-state index contributed by atoms with van der Waals surface area (Å²) in [7, 11) is 0. The van der Waals surface area contributed by atoms with E-state index in [1.165, 1.54) is 16.7 Å². The standard InChI is InChI=1S/C23H23N3OS2/c1-5-13-26-21(27)20(22-25(6-2)18-9-7-8-10-19(18)28-22)29-23(26)24-17-14-15(3)11-12-16(17)4/h5,7-12,14H,1,6,13H2,2-4H3. The van der Waals surface area contributed by atoms with E-state index in [0.717, 1.165) is 39.0 Å². The molecule has 2 aliphatic rings. The second-order valence-electron chi connectivity index (χ2n) is 6.94. The highest BCUT2D eigenvalue weighted by molar-refractivity contribution is 8.19. The highest BCUT2D eigenvalue weighted by atomic mass is 32.2. The van der Waals surface area contributed by atoms with Crippen molar-refractivity contribution in [2.24, 2.45) is 4.99 Å². The molecule has 0 atom stereocenters. The van der Waals surface area contributed by atoms with E-state index in [9.17, 15) is 4.79 Å². The second kappa shape index (κ2) is 8.13. The molecule has 2 aliphatic heterocycles. The number of benzene rings is 2. The predicted octanol–water partition coefficient (Wildman–Crippen LogP) is 5.85. The Kier molecular flexibility index (Phi) is 5.56. The van der Waals surface area contributed by atoms with Crippen molar-refractivity contribution < 1.29 is 4.79 Å². The van der Waals surface area contributed by atoms with Crippen molar-refractivity contribution in [1.29, 1.82) is 0 Å². The van der Waals surface area contributed by atoms with Crippen LogP contribution in [0.15, 0.2) is 74.9 Å². The number of carbonyl (C=O) groups is 1. The van der Waals surface area contributed by atoms with Crippen LogP contribution in [-0.4, -0.2) is 29.1 Å². The molecule has 2 aromatic carbocycles. The third-order valence-electron chi connectivity index (χ3n) is 4.87.